The van der Waals surface area contributed by atoms with Gasteiger partial charge in [-0.2, -0.15) is 0 Å². The molecular formula is C23H21N3O2. The van der Waals surface area contributed by atoms with Crippen LogP contribution in [0.2, 0.25) is 0 Å². The Morgan fingerprint density at radius 2 is 1.82 bits per heavy atom. The highest BCUT2D eigenvalue weighted by Crippen LogP contribution is 2.25. The van der Waals surface area contributed by atoms with Crippen molar-refractivity contribution in [2.24, 2.45) is 7.05 Å². The normalized spacial score (nSPS) is 10.8. The standard InChI is InChI=1S/C23H21N3O2/c1-25-13-12-24-22(25)16-26(23(27)20-11-14-28-17-20)15-19-9-5-6-10-21(19)18-7-3-2-4-8-18/h2-14,17H,15-16H2,1H3. The first-order valence-corrected chi connectivity index (χ1v) is 9.13. The van der Waals surface area contributed by atoms with Gasteiger partial charge in [-0.15, -0.1) is 0 Å². The molecule has 0 aliphatic carbocycles. The molecule has 140 valence electrons. The number of hydrogen-bond acceptors (Lipinski definition) is 3. The fourth-order valence-corrected chi connectivity index (χ4v) is 3.25. The molecule has 0 bridgehead atoms. The lowest BCUT2D eigenvalue weighted by Crippen LogP contribution is -2.31. The molecule has 0 spiro atoms. The van der Waals surface area contributed by atoms with E-state index in [0.717, 1.165) is 22.5 Å². The van der Waals surface area contributed by atoms with E-state index in [1.165, 1.54) is 12.5 Å². The van der Waals surface area contributed by atoms with Gasteiger partial charge in [-0.1, -0.05) is 54.6 Å². The number of hydrogen-bond donors (Lipinski definition) is 0. The fraction of sp³-hybridized carbons (Fsp3) is 0.130. The fourth-order valence-electron chi connectivity index (χ4n) is 3.25. The summed E-state index contributed by atoms with van der Waals surface area (Å²) >= 11 is 0. The molecule has 1 amide bonds. The Morgan fingerprint density at radius 3 is 2.54 bits per heavy atom. The Balaban J connectivity index is 1.68. The Bertz CT molecular complexity index is 1050. The van der Waals surface area contributed by atoms with Crippen molar-refractivity contribution in [1.82, 2.24) is 14.5 Å². The summed E-state index contributed by atoms with van der Waals surface area (Å²) < 4.78 is 7.05. The van der Waals surface area contributed by atoms with E-state index in [9.17, 15) is 4.79 Å². The second-order valence-electron chi connectivity index (χ2n) is 6.65. The highest BCUT2D eigenvalue weighted by Gasteiger charge is 2.20. The van der Waals surface area contributed by atoms with Gasteiger partial charge in [0.15, 0.2) is 0 Å². The Hall–Kier alpha value is -3.60. The molecule has 2 aromatic heterocycles. The van der Waals surface area contributed by atoms with Gasteiger partial charge >= 0.3 is 0 Å². The van der Waals surface area contributed by atoms with E-state index in [-0.39, 0.29) is 5.91 Å². The lowest BCUT2D eigenvalue weighted by molar-refractivity contribution is 0.0723. The van der Waals surface area contributed by atoms with Crippen LogP contribution in [0.3, 0.4) is 0 Å². The summed E-state index contributed by atoms with van der Waals surface area (Å²) in [7, 11) is 1.93. The van der Waals surface area contributed by atoms with Gasteiger partial charge in [0.2, 0.25) is 0 Å². The highest BCUT2D eigenvalue weighted by atomic mass is 16.3. The first-order valence-electron chi connectivity index (χ1n) is 9.13. The molecule has 0 unspecified atom stereocenters. The van der Waals surface area contributed by atoms with Gasteiger partial charge in [0, 0.05) is 26.0 Å². The minimum absolute atomic E-state index is 0.0837. The molecule has 2 heterocycles. The number of aromatic nitrogens is 2. The third kappa shape index (κ3) is 3.74. The number of carbonyl (C=O) groups excluding carboxylic acids is 1. The van der Waals surface area contributed by atoms with E-state index in [4.69, 9.17) is 4.42 Å². The second kappa shape index (κ2) is 7.96. The highest BCUT2D eigenvalue weighted by molar-refractivity contribution is 5.93. The van der Waals surface area contributed by atoms with Crippen molar-refractivity contribution < 1.29 is 9.21 Å². The molecule has 5 nitrogen and oxygen atoms in total. The van der Waals surface area contributed by atoms with Crippen LogP contribution < -0.4 is 0 Å². The van der Waals surface area contributed by atoms with Crippen molar-refractivity contribution in [1.29, 1.82) is 0 Å². The quantitative estimate of drug-likeness (QED) is 0.501. The molecule has 0 N–H and O–H groups in total. The zero-order chi connectivity index (χ0) is 19.3. The molecule has 2 aromatic carbocycles. The van der Waals surface area contributed by atoms with Crippen molar-refractivity contribution >= 4 is 5.91 Å². The number of benzene rings is 2. The third-order valence-corrected chi connectivity index (χ3v) is 4.77. The lowest BCUT2D eigenvalue weighted by Gasteiger charge is -2.23. The maximum absolute atomic E-state index is 13.1. The molecule has 0 aliphatic rings. The summed E-state index contributed by atoms with van der Waals surface area (Å²) in [6.45, 7) is 0.887. The largest absolute Gasteiger partial charge is 0.472 e. The van der Waals surface area contributed by atoms with Crippen molar-refractivity contribution in [2.75, 3.05) is 0 Å². The summed E-state index contributed by atoms with van der Waals surface area (Å²) in [5.41, 5.74) is 3.87. The lowest BCUT2D eigenvalue weighted by atomic mass is 9.99. The minimum atomic E-state index is -0.0837. The SMILES string of the molecule is Cn1ccnc1CN(Cc1ccccc1-c1ccccc1)C(=O)c1ccoc1. The zero-order valence-corrected chi connectivity index (χ0v) is 15.7. The van der Waals surface area contributed by atoms with E-state index < -0.39 is 0 Å². The Labute approximate surface area is 163 Å². The van der Waals surface area contributed by atoms with E-state index in [1.807, 2.05) is 48.1 Å². The smallest absolute Gasteiger partial charge is 0.257 e. The van der Waals surface area contributed by atoms with Crippen LogP contribution in [0.25, 0.3) is 11.1 Å². The summed E-state index contributed by atoms with van der Waals surface area (Å²) in [6.07, 6.45) is 6.63. The molecule has 0 saturated heterocycles. The maximum Gasteiger partial charge on any atom is 0.257 e. The summed E-state index contributed by atoms with van der Waals surface area (Å²) in [5.74, 6) is 0.744. The van der Waals surface area contributed by atoms with Gasteiger partial charge < -0.3 is 13.9 Å². The van der Waals surface area contributed by atoms with Crippen molar-refractivity contribution in [3.63, 3.8) is 0 Å². The first-order chi connectivity index (χ1) is 13.7. The van der Waals surface area contributed by atoms with Gasteiger partial charge in [-0.05, 0) is 22.8 Å². The number of nitrogens with zero attached hydrogens (tertiary/aromatic N) is 3. The summed E-state index contributed by atoms with van der Waals surface area (Å²) in [5, 5.41) is 0. The molecule has 0 aliphatic heterocycles. The predicted octanol–water partition coefficient (Wildman–Crippen LogP) is 4.52. The van der Waals surface area contributed by atoms with E-state index in [2.05, 4.69) is 29.2 Å². The summed E-state index contributed by atoms with van der Waals surface area (Å²) in [6, 6.07) is 20.1. The molecular weight excluding hydrogens is 350 g/mol. The van der Waals surface area contributed by atoms with Crippen LogP contribution in [0.5, 0.6) is 0 Å². The van der Waals surface area contributed by atoms with Gasteiger partial charge in [-0.3, -0.25) is 4.79 Å². The van der Waals surface area contributed by atoms with Crippen LogP contribution in [0.4, 0.5) is 0 Å². The molecule has 4 rings (SSSR count). The predicted molar refractivity (Wildman–Crippen MR) is 107 cm³/mol. The molecule has 28 heavy (non-hydrogen) atoms. The van der Waals surface area contributed by atoms with Gasteiger partial charge in [-0.25, -0.2) is 4.98 Å². The topological polar surface area (TPSA) is 51.3 Å². The average molecular weight is 371 g/mol. The molecule has 0 radical (unpaired) electrons. The number of imidazole rings is 1. The Morgan fingerprint density at radius 1 is 1.04 bits per heavy atom. The minimum Gasteiger partial charge on any atom is -0.472 e. The molecule has 0 atom stereocenters. The van der Waals surface area contributed by atoms with Crippen LogP contribution in [0.1, 0.15) is 21.7 Å². The average Bonchev–Trinajstić information content (AvgIpc) is 3.40. The van der Waals surface area contributed by atoms with Crippen LogP contribution in [-0.2, 0) is 20.1 Å². The molecule has 0 saturated carbocycles. The van der Waals surface area contributed by atoms with Gasteiger partial charge in [0.1, 0.15) is 12.1 Å². The zero-order valence-electron chi connectivity index (χ0n) is 15.7. The van der Waals surface area contributed by atoms with E-state index in [0.29, 0.717) is 18.7 Å². The number of furan rings is 1. The number of rotatable bonds is 6. The van der Waals surface area contributed by atoms with Crippen LogP contribution in [0, 0.1) is 0 Å². The van der Waals surface area contributed by atoms with Crippen LogP contribution >= 0.6 is 0 Å². The third-order valence-electron chi connectivity index (χ3n) is 4.77. The van der Waals surface area contributed by atoms with Crippen molar-refractivity contribution in [3.05, 3.63) is 103 Å². The monoisotopic (exact) mass is 371 g/mol. The van der Waals surface area contributed by atoms with Gasteiger partial charge in [0.05, 0.1) is 18.4 Å². The molecule has 5 heteroatoms. The number of amides is 1. The van der Waals surface area contributed by atoms with Crippen molar-refractivity contribution in [3.8, 4) is 11.1 Å². The van der Waals surface area contributed by atoms with E-state index in [1.54, 1.807) is 17.2 Å². The number of carbonyl (C=O) groups is 1. The summed E-state index contributed by atoms with van der Waals surface area (Å²) in [4.78, 5) is 19.3. The van der Waals surface area contributed by atoms with Crippen LogP contribution in [0.15, 0.2) is 90.0 Å². The molecule has 4 aromatic rings. The van der Waals surface area contributed by atoms with Crippen molar-refractivity contribution in [2.45, 2.75) is 13.1 Å². The van der Waals surface area contributed by atoms with Crippen LogP contribution in [-0.4, -0.2) is 20.4 Å². The maximum atomic E-state index is 13.1. The Kier molecular flexibility index (Phi) is 5.06. The first kappa shape index (κ1) is 17.8. The molecule has 0 fully saturated rings. The second-order valence-corrected chi connectivity index (χ2v) is 6.65. The van der Waals surface area contributed by atoms with Gasteiger partial charge in [0.25, 0.3) is 5.91 Å². The number of aryl methyl sites for hydroxylation is 1. The van der Waals surface area contributed by atoms with E-state index >= 15 is 0 Å².